The fourth-order valence-corrected chi connectivity index (χ4v) is 3.67. The van der Waals surface area contributed by atoms with Gasteiger partial charge in [0.1, 0.15) is 0 Å². The highest BCUT2D eigenvalue weighted by Gasteiger charge is 2.40. The minimum Gasteiger partial charge on any atom is -0.392 e. The molecule has 1 aliphatic carbocycles. The van der Waals surface area contributed by atoms with Crippen LogP contribution in [0.4, 0.5) is 0 Å². The molecule has 2 bridgehead atoms. The maximum Gasteiger partial charge on any atom is 0.0645 e. The van der Waals surface area contributed by atoms with Crippen molar-refractivity contribution < 1.29 is 5.11 Å². The number of hydrogen-bond donors (Lipinski definition) is 2. The highest BCUT2D eigenvalue weighted by atomic mass is 16.3. The van der Waals surface area contributed by atoms with Crippen molar-refractivity contribution in [3.63, 3.8) is 0 Å². The van der Waals surface area contributed by atoms with E-state index in [0.29, 0.717) is 11.8 Å². The Bertz CT molecular complexity index is 214. The monoisotopic (exact) mass is 210 g/mol. The van der Waals surface area contributed by atoms with Gasteiger partial charge in [-0.1, -0.05) is 12.8 Å². The van der Waals surface area contributed by atoms with Gasteiger partial charge in [-0.15, -0.1) is 0 Å². The summed E-state index contributed by atoms with van der Waals surface area (Å²) < 4.78 is 0. The number of nitrogens with one attached hydrogen (secondary N) is 1. The summed E-state index contributed by atoms with van der Waals surface area (Å²) in [4.78, 5) is 2.66. The molecule has 3 fully saturated rings. The number of likely N-dealkylation sites (tertiary alicyclic amines) is 1. The van der Waals surface area contributed by atoms with Crippen LogP contribution in [-0.2, 0) is 0 Å². The van der Waals surface area contributed by atoms with Crippen LogP contribution >= 0.6 is 0 Å². The number of nitrogens with zero attached hydrogens (tertiary/aromatic N) is 1. The molecule has 15 heavy (non-hydrogen) atoms. The summed E-state index contributed by atoms with van der Waals surface area (Å²) in [5, 5.41) is 13.5. The van der Waals surface area contributed by atoms with E-state index in [9.17, 15) is 5.11 Å². The molecule has 3 heteroatoms. The van der Waals surface area contributed by atoms with E-state index >= 15 is 0 Å². The van der Waals surface area contributed by atoms with Gasteiger partial charge in [0, 0.05) is 44.1 Å². The standard InChI is InChI=1S/C12H22N2O/c15-12-9-5-13-6-10(12)8-14(7-9)11-3-1-2-4-11/h9-13,15H,1-8H2. The lowest BCUT2D eigenvalue weighted by Crippen LogP contribution is -2.60. The van der Waals surface area contributed by atoms with Crippen LogP contribution < -0.4 is 5.32 Å². The first-order valence-electron chi connectivity index (χ1n) is 6.47. The van der Waals surface area contributed by atoms with Crippen molar-refractivity contribution in [1.29, 1.82) is 0 Å². The van der Waals surface area contributed by atoms with Gasteiger partial charge in [0.2, 0.25) is 0 Å². The summed E-state index contributed by atoms with van der Waals surface area (Å²) in [6, 6.07) is 0.834. The van der Waals surface area contributed by atoms with Gasteiger partial charge >= 0.3 is 0 Å². The van der Waals surface area contributed by atoms with E-state index in [2.05, 4.69) is 10.2 Å². The van der Waals surface area contributed by atoms with Gasteiger partial charge in [0.15, 0.2) is 0 Å². The van der Waals surface area contributed by atoms with Gasteiger partial charge in [0.25, 0.3) is 0 Å². The molecular formula is C12H22N2O. The van der Waals surface area contributed by atoms with E-state index in [1.165, 1.54) is 25.7 Å². The number of rotatable bonds is 1. The number of aliphatic hydroxyl groups is 1. The van der Waals surface area contributed by atoms with Crippen molar-refractivity contribution in [2.45, 2.75) is 37.8 Å². The van der Waals surface area contributed by atoms with Gasteiger partial charge in [-0.25, -0.2) is 0 Å². The summed E-state index contributed by atoms with van der Waals surface area (Å²) >= 11 is 0. The first-order chi connectivity index (χ1) is 7.34. The summed E-state index contributed by atoms with van der Waals surface area (Å²) in [5.74, 6) is 0.969. The van der Waals surface area contributed by atoms with Crippen LogP contribution in [-0.4, -0.2) is 48.3 Å². The Balaban J connectivity index is 1.67. The van der Waals surface area contributed by atoms with Crippen LogP contribution in [0, 0.1) is 11.8 Å². The van der Waals surface area contributed by atoms with Gasteiger partial charge < -0.3 is 10.4 Å². The van der Waals surface area contributed by atoms with E-state index in [4.69, 9.17) is 0 Å². The lowest BCUT2D eigenvalue weighted by atomic mass is 9.82. The van der Waals surface area contributed by atoms with Crippen LogP contribution in [0.15, 0.2) is 0 Å². The van der Waals surface area contributed by atoms with E-state index in [1.54, 1.807) is 0 Å². The smallest absolute Gasteiger partial charge is 0.0645 e. The van der Waals surface area contributed by atoms with Crippen molar-refractivity contribution in [2.75, 3.05) is 26.2 Å². The number of aliphatic hydroxyl groups excluding tert-OH is 1. The average Bonchev–Trinajstić information content (AvgIpc) is 2.70. The third kappa shape index (κ3) is 1.81. The SMILES string of the molecule is OC1C2CNCC1CN(C1CCCC1)C2. The molecule has 2 atom stereocenters. The number of fused-ring (bicyclic) bond motifs is 2. The topological polar surface area (TPSA) is 35.5 Å². The van der Waals surface area contributed by atoms with Crippen LogP contribution in [0.3, 0.4) is 0 Å². The molecule has 0 aromatic carbocycles. The Kier molecular flexibility index (Phi) is 2.71. The van der Waals surface area contributed by atoms with E-state index in [-0.39, 0.29) is 6.10 Å². The molecule has 3 rings (SSSR count). The normalized spacial score (nSPS) is 43.4. The van der Waals surface area contributed by atoms with Crippen molar-refractivity contribution in [1.82, 2.24) is 10.2 Å². The Morgan fingerprint density at radius 1 is 1.00 bits per heavy atom. The molecule has 0 amide bonds. The molecule has 3 aliphatic rings. The van der Waals surface area contributed by atoms with E-state index < -0.39 is 0 Å². The zero-order valence-corrected chi connectivity index (χ0v) is 9.36. The lowest BCUT2D eigenvalue weighted by molar-refractivity contribution is -0.0517. The Morgan fingerprint density at radius 2 is 1.60 bits per heavy atom. The Morgan fingerprint density at radius 3 is 2.20 bits per heavy atom. The average molecular weight is 210 g/mol. The second-order valence-corrected chi connectivity index (χ2v) is 5.56. The van der Waals surface area contributed by atoms with Gasteiger partial charge in [-0.05, 0) is 12.8 Å². The van der Waals surface area contributed by atoms with Gasteiger partial charge in [0.05, 0.1) is 6.10 Å². The summed E-state index contributed by atoms with van der Waals surface area (Å²) in [6.45, 7) is 4.27. The number of hydrogen-bond acceptors (Lipinski definition) is 3. The third-order valence-electron chi connectivity index (χ3n) is 4.56. The molecule has 2 heterocycles. The zero-order valence-electron chi connectivity index (χ0n) is 9.36. The molecule has 2 saturated heterocycles. The largest absolute Gasteiger partial charge is 0.392 e. The second-order valence-electron chi connectivity index (χ2n) is 5.56. The predicted octanol–water partition coefficient (Wildman–Crippen LogP) is 0.441. The maximum absolute atomic E-state index is 10.1. The minimum atomic E-state index is -0.0381. The molecule has 2 aliphatic heterocycles. The highest BCUT2D eigenvalue weighted by Crippen LogP contribution is 2.31. The molecule has 86 valence electrons. The maximum atomic E-state index is 10.1. The minimum absolute atomic E-state index is 0.0381. The summed E-state index contributed by atoms with van der Waals surface area (Å²) in [7, 11) is 0. The van der Waals surface area contributed by atoms with E-state index in [1.807, 2.05) is 0 Å². The molecule has 0 aromatic heterocycles. The second kappa shape index (κ2) is 4.04. The molecular weight excluding hydrogens is 188 g/mol. The van der Waals surface area contributed by atoms with Crippen LogP contribution in [0.25, 0.3) is 0 Å². The van der Waals surface area contributed by atoms with Crippen molar-refractivity contribution in [2.24, 2.45) is 11.8 Å². The van der Waals surface area contributed by atoms with Crippen LogP contribution in [0.5, 0.6) is 0 Å². The molecule has 0 radical (unpaired) electrons. The van der Waals surface area contributed by atoms with Crippen LogP contribution in [0.2, 0.25) is 0 Å². The van der Waals surface area contributed by atoms with Crippen LogP contribution in [0.1, 0.15) is 25.7 Å². The first kappa shape index (κ1) is 10.1. The summed E-state index contributed by atoms with van der Waals surface area (Å²) in [5.41, 5.74) is 0. The molecule has 2 N–H and O–H groups in total. The number of piperidine rings is 2. The van der Waals surface area contributed by atoms with Crippen molar-refractivity contribution in [3.8, 4) is 0 Å². The molecule has 2 unspecified atom stereocenters. The fraction of sp³-hybridized carbons (Fsp3) is 1.00. The van der Waals surface area contributed by atoms with Gasteiger partial charge in [-0.2, -0.15) is 0 Å². The van der Waals surface area contributed by atoms with Gasteiger partial charge in [-0.3, -0.25) is 4.90 Å². The Hall–Kier alpha value is -0.120. The van der Waals surface area contributed by atoms with E-state index in [0.717, 1.165) is 32.2 Å². The lowest BCUT2D eigenvalue weighted by Gasteiger charge is -2.47. The first-order valence-corrected chi connectivity index (χ1v) is 6.47. The Labute approximate surface area is 91.8 Å². The molecule has 0 aromatic rings. The molecule has 0 spiro atoms. The summed E-state index contributed by atoms with van der Waals surface area (Å²) in [6.07, 6.45) is 5.57. The molecule has 1 saturated carbocycles. The quantitative estimate of drug-likeness (QED) is 0.659. The van der Waals surface area contributed by atoms with Crippen molar-refractivity contribution in [3.05, 3.63) is 0 Å². The third-order valence-corrected chi connectivity index (χ3v) is 4.56. The zero-order chi connectivity index (χ0) is 10.3. The fourth-order valence-electron chi connectivity index (χ4n) is 3.67. The highest BCUT2D eigenvalue weighted by molar-refractivity contribution is 4.95. The molecule has 3 nitrogen and oxygen atoms in total. The van der Waals surface area contributed by atoms with Crippen molar-refractivity contribution >= 4 is 0 Å². The predicted molar refractivity (Wildman–Crippen MR) is 59.7 cm³/mol.